The Morgan fingerprint density at radius 1 is 1.36 bits per heavy atom. The van der Waals surface area contributed by atoms with Crippen molar-refractivity contribution in [1.29, 1.82) is 0 Å². The molecule has 2 amide bonds. The SMILES string of the molecule is CC(=O)ON1C(=O)CCC1=O.[N-]=[N+]=[N-]. The van der Waals surface area contributed by atoms with Crippen LogP contribution in [-0.2, 0) is 19.2 Å². The predicted octanol–water partition coefficient (Wildman–Crippen LogP) is 0.480. The van der Waals surface area contributed by atoms with Gasteiger partial charge in [-0.05, 0) is 0 Å². The first-order chi connectivity index (χ1) is 6.52. The van der Waals surface area contributed by atoms with E-state index < -0.39 is 17.8 Å². The number of rotatable bonds is 1. The third-order valence-electron chi connectivity index (χ3n) is 1.23. The quantitative estimate of drug-likeness (QED) is 0.263. The summed E-state index contributed by atoms with van der Waals surface area (Å²) in [6.07, 6.45) is 0.262. The van der Waals surface area contributed by atoms with Crippen LogP contribution in [0, 0.1) is 0 Å². The van der Waals surface area contributed by atoms with Crippen LogP contribution in [0.3, 0.4) is 0 Å². The maximum Gasteiger partial charge on any atom is 0.330 e. The number of carbonyl (C=O) groups excluding carboxylic acids is 3. The molecule has 1 fully saturated rings. The number of amides is 2. The smallest absolute Gasteiger partial charge is 0.330 e. The number of carbonyl (C=O) groups is 3. The summed E-state index contributed by atoms with van der Waals surface area (Å²) >= 11 is 0. The first-order valence-corrected chi connectivity index (χ1v) is 3.55. The molecule has 0 aliphatic carbocycles. The second-order valence-corrected chi connectivity index (χ2v) is 2.25. The molecule has 8 heteroatoms. The lowest BCUT2D eigenvalue weighted by Gasteiger charge is -2.09. The second kappa shape index (κ2) is 5.55. The van der Waals surface area contributed by atoms with Crippen molar-refractivity contribution in [3.63, 3.8) is 0 Å². The molecule has 0 atom stereocenters. The highest BCUT2D eigenvalue weighted by Crippen LogP contribution is 2.11. The van der Waals surface area contributed by atoms with Crippen molar-refractivity contribution in [3.05, 3.63) is 16.0 Å². The number of hydrogen-bond acceptors (Lipinski definition) is 4. The third kappa shape index (κ3) is 3.55. The van der Waals surface area contributed by atoms with Crippen LogP contribution in [0.25, 0.3) is 16.0 Å². The van der Waals surface area contributed by atoms with Gasteiger partial charge in [0, 0.05) is 19.8 Å². The minimum absolute atomic E-state index is 0.131. The van der Waals surface area contributed by atoms with Crippen LogP contribution in [0.4, 0.5) is 0 Å². The van der Waals surface area contributed by atoms with Gasteiger partial charge in [0.25, 0.3) is 11.8 Å². The van der Waals surface area contributed by atoms with Crippen molar-refractivity contribution in [3.8, 4) is 0 Å². The molecule has 1 saturated heterocycles. The summed E-state index contributed by atoms with van der Waals surface area (Å²) in [7, 11) is 0. The Hall–Kier alpha value is -2.08. The molecule has 0 aromatic heterocycles. The zero-order chi connectivity index (χ0) is 11.1. The maximum absolute atomic E-state index is 10.7. The van der Waals surface area contributed by atoms with Crippen LogP contribution in [-0.4, -0.2) is 22.8 Å². The summed E-state index contributed by atoms with van der Waals surface area (Å²) < 4.78 is 0. The Labute approximate surface area is 78.8 Å². The van der Waals surface area contributed by atoms with Gasteiger partial charge in [0.05, 0.1) is 0 Å². The van der Waals surface area contributed by atoms with E-state index in [9.17, 15) is 14.4 Å². The van der Waals surface area contributed by atoms with E-state index in [0.717, 1.165) is 6.92 Å². The molecular weight excluding hydrogens is 192 g/mol. The first-order valence-electron chi connectivity index (χ1n) is 3.55. The molecule has 0 aromatic carbocycles. The molecule has 0 saturated carbocycles. The Balaban J connectivity index is 0.000000500. The zero-order valence-electron chi connectivity index (χ0n) is 7.34. The first kappa shape index (κ1) is 11.9. The van der Waals surface area contributed by atoms with Gasteiger partial charge in [0.15, 0.2) is 0 Å². The Kier molecular flexibility index (Phi) is 4.72. The van der Waals surface area contributed by atoms with Gasteiger partial charge in [0.2, 0.25) is 0 Å². The fourth-order valence-electron chi connectivity index (χ4n) is 0.786. The summed E-state index contributed by atoms with van der Waals surface area (Å²) in [4.78, 5) is 37.6. The lowest BCUT2D eigenvalue weighted by Crippen LogP contribution is -2.30. The van der Waals surface area contributed by atoms with Gasteiger partial charge in [-0.2, -0.15) is 0 Å². The highest BCUT2D eigenvalue weighted by molar-refractivity contribution is 6.01. The van der Waals surface area contributed by atoms with Gasteiger partial charge >= 0.3 is 5.97 Å². The summed E-state index contributed by atoms with van der Waals surface area (Å²) in [6.45, 7) is 1.14. The Morgan fingerprint density at radius 2 is 1.71 bits per heavy atom. The standard InChI is InChI=1S/C6H7NO4.N3/c1-4(8)11-7-5(9)2-3-6(7)10;1-3-2/h2-3H2,1H3;/q;-1. The molecule has 0 spiro atoms. The number of imide groups is 1. The maximum atomic E-state index is 10.7. The minimum Gasteiger partial charge on any atom is -0.373 e. The molecule has 1 rings (SSSR count). The average molecular weight is 199 g/mol. The van der Waals surface area contributed by atoms with Gasteiger partial charge in [0.1, 0.15) is 0 Å². The molecule has 1 aliphatic heterocycles. The van der Waals surface area contributed by atoms with E-state index >= 15 is 0 Å². The fraction of sp³-hybridized carbons (Fsp3) is 0.500. The van der Waals surface area contributed by atoms with Crippen LogP contribution in [0.2, 0.25) is 0 Å². The van der Waals surface area contributed by atoms with Crippen molar-refractivity contribution >= 4 is 17.8 Å². The molecule has 8 nitrogen and oxygen atoms in total. The van der Waals surface area contributed by atoms with Crippen molar-refractivity contribution < 1.29 is 19.2 Å². The Morgan fingerprint density at radius 3 is 2.00 bits per heavy atom. The van der Waals surface area contributed by atoms with Crippen molar-refractivity contribution in [2.75, 3.05) is 0 Å². The largest absolute Gasteiger partial charge is 0.373 e. The average Bonchev–Trinajstić information content (AvgIpc) is 2.37. The van der Waals surface area contributed by atoms with Gasteiger partial charge in [-0.25, -0.2) is 4.79 Å². The molecule has 1 aliphatic rings. The number of nitrogens with zero attached hydrogens (tertiary/aromatic N) is 4. The molecule has 14 heavy (non-hydrogen) atoms. The predicted molar refractivity (Wildman–Crippen MR) is 42.9 cm³/mol. The molecule has 0 aromatic rings. The van der Waals surface area contributed by atoms with E-state index in [-0.39, 0.29) is 12.8 Å². The molecule has 0 N–H and O–H groups in total. The molecule has 76 valence electrons. The number of hydrogen-bond donors (Lipinski definition) is 0. The highest BCUT2D eigenvalue weighted by Gasteiger charge is 2.31. The van der Waals surface area contributed by atoms with Crippen molar-refractivity contribution in [2.24, 2.45) is 0 Å². The monoisotopic (exact) mass is 199 g/mol. The number of hydroxylamine groups is 2. The van der Waals surface area contributed by atoms with Gasteiger partial charge < -0.3 is 15.9 Å². The molecule has 0 unspecified atom stereocenters. The van der Waals surface area contributed by atoms with Crippen LogP contribution >= 0.6 is 0 Å². The molecule has 1 heterocycles. The highest BCUT2D eigenvalue weighted by atomic mass is 16.7. The van der Waals surface area contributed by atoms with E-state index in [1.165, 1.54) is 4.91 Å². The second-order valence-electron chi connectivity index (χ2n) is 2.25. The fourth-order valence-corrected chi connectivity index (χ4v) is 0.786. The summed E-state index contributed by atoms with van der Waals surface area (Å²) in [5, 5.41) is 0.516. The Bertz CT molecular complexity index is 278. The minimum atomic E-state index is -0.659. The van der Waals surface area contributed by atoms with E-state index in [2.05, 4.69) is 4.84 Å². The molecule has 0 radical (unpaired) electrons. The van der Waals surface area contributed by atoms with Crippen LogP contribution in [0.5, 0.6) is 0 Å². The zero-order valence-corrected chi connectivity index (χ0v) is 7.34. The summed E-state index contributed by atoms with van der Waals surface area (Å²) in [6, 6.07) is 0. The normalized spacial score (nSPS) is 14.2. The van der Waals surface area contributed by atoms with Gasteiger partial charge in [-0.3, -0.25) is 14.5 Å². The summed E-state index contributed by atoms with van der Waals surface area (Å²) in [5.74, 6) is -1.57. The van der Waals surface area contributed by atoms with Crippen molar-refractivity contribution in [2.45, 2.75) is 19.8 Å². The summed E-state index contributed by atoms with van der Waals surface area (Å²) in [5.41, 5.74) is 13.5. The topological polar surface area (TPSA) is 122 Å². The van der Waals surface area contributed by atoms with Crippen LogP contribution < -0.4 is 0 Å². The lowest BCUT2D eigenvalue weighted by molar-refractivity contribution is -0.195. The van der Waals surface area contributed by atoms with Gasteiger partial charge in [-0.15, -0.1) is 5.06 Å². The van der Waals surface area contributed by atoms with Crippen LogP contribution in [0.1, 0.15) is 19.8 Å². The third-order valence-corrected chi connectivity index (χ3v) is 1.23. The van der Waals surface area contributed by atoms with Crippen molar-refractivity contribution in [1.82, 2.24) is 5.06 Å². The van der Waals surface area contributed by atoms with E-state index in [0.29, 0.717) is 5.06 Å². The lowest BCUT2D eigenvalue weighted by atomic mass is 10.4. The van der Waals surface area contributed by atoms with Crippen LogP contribution in [0.15, 0.2) is 0 Å². The van der Waals surface area contributed by atoms with E-state index in [1.807, 2.05) is 0 Å². The van der Waals surface area contributed by atoms with Gasteiger partial charge in [-0.1, -0.05) is 0 Å². The van der Waals surface area contributed by atoms with E-state index in [4.69, 9.17) is 11.1 Å². The van der Waals surface area contributed by atoms with E-state index in [1.54, 1.807) is 0 Å². The molecular formula is C6H7N4O4-. The molecule has 0 bridgehead atoms.